The van der Waals surface area contributed by atoms with Crippen LogP contribution < -0.4 is 0 Å². The first-order valence-electron chi connectivity index (χ1n) is 9.49. The first kappa shape index (κ1) is 20.1. The minimum absolute atomic E-state index is 0.0569. The maximum absolute atomic E-state index is 13.3. The van der Waals surface area contributed by atoms with Crippen LogP contribution in [0.3, 0.4) is 0 Å². The van der Waals surface area contributed by atoms with Gasteiger partial charge in [-0.3, -0.25) is 4.79 Å². The van der Waals surface area contributed by atoms with E-state index in [0.717, 1.165) is 5.56 Å². The van der Waals surface area contributed by atoms with Crippen molar-refractivity contribution in [3.8, 4) is 0 Å². The number of β-amino-alcohol motifs (C(OH)–C–C–N with tert-alkyl or cyclic N) is 1. The molecule has 1 saturated heterocycles. The molecule has 1 N–H and O–H groups in total. The highest BCUT2D eigenvalue weighted by Crippen LogP contribution is 2.31. The fourth-order valence-electron chi connectivity index (χ4n) is 3.55. The standard InChI is InChI=1S/C21H26N2O5/c1-13(2)19(18-9-14(3)22-28-18)20(25)23-11-16(24)10-17(23)21(26)27-12-15-7-5-4-6-8-15/h4-9,13,16-17,19,24H,10-12H2,1-3H3/t16-,17+,19?/m1/s1. The van der Waals surface area contributed by atoms with Gasteiger partial charge in [-0.05, 0) is 18.4 Å². The number of aromatic nitrogens is 1. The molecule has 7 nitrogen and oxygen atoms in total. The van der Waals surface area contributed by atoms with Crippen molar-refractivity contribution in [2.24, 2.45) is 5.92 Å². The van der Waals surface area contributed by atoms with Crippen molar-refractivity contribution in [2.75, 3.05) is 6.54 Å². The quantitative estimate of drug-likeness (QED) is 0.767. The predicted molar refractivity (Wildman–Crippen MR) is 101 cm³/mol. The van der Waals surface area contributed by atoms with Gasteiger partial charge in [-0.15, -0.1) is 0 Å². The Balaban J connectivity index is 1.74. The van der Waals surface area contributed by atoms with Crippen molar-refractivity contribution in [3.63, 3.8) is 0 Å². The largest absolute Gasteiger partial charge is 0.459 e. The first-order valence-corrected chi connectivity index (χ1v) is 9.49. The van der Waals surface area contributed by atoms with E-state index < -0.39 is 24.0 Å². The highest BCUT2D eigenvalue weighted by Gasteiger charge is 2.43. The Kier molecular flexibility index (Phi) is 6.14. The number of hydrogen-bond donors (Lipinski definition) is 1. The fraction of sp³-hybridized carbons (Fsp3) is 0.476. The van der Waals surface area contributed by atoms with Crippen molar-refractivity contribution in [1.82, 2.24) is 10.1 Å². The summed E-state index contributed by atoms with van der Waals surface area (Å²) in [6, 6.07) is 10.3. The number of likely N-dealkylation sites (tertiary alicyclic amines) is 1. The molecule has 150 valence electrons. The highest BCUT2D eigenvalue weighted by molar-refractivity contribution is 5.89. The van der Waals surface area contributed by atoms with Gasteiger partial charge in [0.2, 0.25) is 5.91 Å². The van der Waals surface area contributed by atoms with E-state index >= 15 is 0 Å². The predicted octanol–water partition coefficient (Wildman–Crippen LogP) is 2.43. The van der Waals surface area contributed by atoms with Gasteiger partial charge >= 0.3 is 5.97 Å². The summed E-state index contributed by atoms with van der Waals surface area (Å²) >= 11 is 0. The molecule has 28 heavy (non-hydrogen) atoms. The van der Waals surface area contributed by atoms with Crippen LogP contribution in [-0.4, -0.2) is 45.7 Å². The Hall–Kier alpha value is -2.67. The van der Waals surface area contributed by atoms with Crippen molar-refractivity contribution in [3.05, 3.63) is 53.4 Å². The number of rotatable bonds is 6. The molecule has 1 amide bonds. The lowest BCUT2D eigenvalue weighted by Crippen LogP contribution is -2.44. The SMILES string of the molecule is Cc1cc(C(C(=O)N2C[C@H](O)C[C@H]2C(=O)OCc2ccccc2)C(C)C)on1. The maximum Gasteiger partial charge on any atom is 0.329 e. The van der Waals surface area contributed by atoms with Gasteiger partial charge in [-0.2, -0.15) is 0 Å². The summed E-state index contributed by atoms with van der Waals surface area (Å²) in [5.41, 5.74) is 1.55. The number of esters is 1. The monoisotopic (exact) mass is 386 g/mol. The highest BCUT2D eigenvalue weighted by atomic mass is 16.5. The van der Waals surface area contributed by atoms with Crippen LogP contribution in [0, 0.1) is 12.8 Å². The molecule has 1 unspecified atom stereocenters. The molecule has 2 heterocycles. The second-order valence-electron chi connectivity index (χ2n) is 7.58. The van der Waals surface area contributed by atoms with Gasteiger partial charge in [0.05, 0.1) is 11.8 Å². The van der Waals surface area contributed by atoms with Crippen LogP contribution in [-0.2, 0) is 20.9 Å². The molecule has 0 aliphatic carbocycles. The molecule has 0 saturated carbocycles. The molecular weight excluding hydrogens is 360 g/mol. The minimum Gasteiger partial charge on any atom is -0.459 e. The van der Waals surface area contributed by atoms with Gasteiger partial charge < -0.3 is 19.3 Å². The second-order valence-corrected chi connectivity index (χ2v) is 7.58. The zero-order valence-electron chi connectivity index (χ0n) is 16.4. The smallest absolute Gasteiger partial charge is 0.329 e. The summed E-state index contributed by atoms with van der Waals surface area (Å²) in [6.07, 6.45) is -0.595. The molecule has 1 aromatic heterocycles. The molecule has 1 fully saturated rings. The van der Waals surface area contributed by atoms with E-state index in [1.807, 2.05) is 44.2 Å². The van der Waals surface area contributed by atoms with Crippen LogP contribution in [0.25, 0.3) is 0 Å². The fourth-order valence-corrected chi connectivity index (χ4v) is 3.55. The third-order valence-corrected chi connectivity index (χ3v) is 4.94. The second kappa shape index (κ2) is 8.56. The van der Waals surface area contributed by atoms with Crippen molar-refractivity contribution < 1.29 is 24.0 Å². The van der Waals surface area contributed by atoms with Crippen LogP contribution in [0.15, 0.2) is 40.9 Å². The molecule has 3 atom stereocenters. The summed E-state index contributed by atoms with van der Waals surface area (Å²) in [5.74, 6) is -0.931. The number of aryl methyl sites for hydroxylation is 1. The van der Waals surface area contributed by atoms with Crippen molar-refractivity contribution >= 4 is 11.9 Å². The summed E-state index contributed by atoms with van der Waals surface area (Å²) in [7, 11) is 0. The first-order chi connectivity index (χ1) is 13.4. The van der Waals surface area contributed by atoms with Crippen LogP contribution in [0.1, 0.15) is 43.2 Å². The van der Waals surface area contributed by atoms with E-state index in [1.165, 1.54) is 4.90 Å². The average molecular weight is 386 g/mol. The summed E-state index contributed by atoms with van der Waals surface area (Å²) < 4.78 is 10.7. The zero-order chi connectivity index (χ0) is 20.3. The van der Waals surface area contributed by atoms with Gasteiger partial charge in [0, 0.05) is 19.0 Å². The van der Waals surface area contributed by atoms with E-state index in [2.05, 4.69) is 5.16 Å². The van der Waals surface area contributed by atoms with Gasteiger partial charge in [-0.25, -0.2) is 4.79 Å². The third kappa shape index (κ3) is 4.42. The average Bonchev–Trinajstić information content (AvgIpc) is 3.26. The Bertz CT molecular complexity index is 817. The Morgan fingerprint density at radius 1 is 1.32 bits per heavy atom. The summed E-state index contributed by atoms with van der Waals surface area (Å²) in [6.45, 7) is 5.84. The number of ether oxygens (including phenoxy) is 1. The van der Waals surface area contributed by atoms with E-state index in [9.17, 15) is 14.7 Å². The number of amides is 1. The van der Waals surface area contributed by atoms with Crippen LogP contribution in [0.5, 0.6) is 0 Å². The van der Waals surface area contributed by atoms with Gasteiger partial charge in [0.15, 0.2) is 0 Å². The number of nitrogens with zero attached hydrogens (tertiary/aromatic N) is 2. The number of hydrogen-bond acceptors (Lipinski definition) is 6. The van der Waals surface area contributed by atoms with Gasteiger partial charge in [0.25, 0.3) is 0 Å². The lowest BCUT2D eigenvalue weighted by Gasteiger charge is -2.28. The topological polar surface area (TPSA) is 92.9 Å². The third-order valence-electron chi connectivity index (χ3n) is 4.94. The summed E-state index contributed by atoms with van der Waals surface area (Å²) in [4.78, 5) is 27.3. The number of carbonyl (C=O) groups excluding carboxylic acids is 2. The summed E-state index contributed by atoms with van der Waals surface area (Å²) in [5, 5.41) is 14.0. The molecule has 0 spiro atoms. The van der Waals surface area contributed by atoms with E-state index in [-0.39, 0.29) is 31.4 Å². The lowest BCUT2D eigenvalue weighted by molar-refractivity contribution is -0.155. The van der Waals surface area contributed by atoms with E-state index in [0.29, 0.717) is 11.5 Å². The van der Waals surface area contributed by atoms with Crippen LogP contribution in [0.2, 0.25) is 0 Å². The van der Waals surface area contributed by atoms with Crippen molar-refractivity contribution in [2.45, 2.75) is 51.9 Å². The normalized spacial score (nSPS) is 20.4. The molecule has 1 aromatic carbocycles. The molecule has 0 radical (unpaired) electrons. The molecule has 1 aliphatic heterocycles. The molecule has 2 aromatic rings. The van der Waals surface area contributed by atoms with E-state index in [1.54, 1.807) is 13.0 Å². The Morgan fingerprint density at radius 3 is 2.64 bits per heavy atom. The Labute approximate surface area is 164 Å². The molecule has 0 bridgehead atoms. The van der Waals surface area contributed by atoms with Crippen LogP contribution >= 0.6 is 0 Å². The number of aliphatic hydroxyl groups is 1. The molecule has 7 heteroatoms. The molecular formula is C21H26N2O5. The maximum atomic E-state index is 13.3. The van der Waals surface area contributed by atoms with Gasteiger partial charge in [-0.1, -0.05) is 49.3 Å². The zero-order valence-corrected chi connectivity index (χ0v) is 16.4. The Morgan fingerprint density at radius 2 is 2.04 bits per heavy atom. The number of carbonyl (C=O) groups is 2. The lowest BCUT2D eigenvalue weighted by atomic mass is 9.91. The number of aliphatic hydroxyl groups excluding tert-OH is 1. The minimum atomic E-state index is -0.809. The molecule has 1 aliphatic rings. The van der Waals surface area contributed by atoms with Crippen molar-refractivity contribution in [1.29, 1.82) is 0 Å². The number of benzene rings is 1. The van der Waals surface area contributed by atoms with Gasteiger partial charge in [0.1, 0.15) is 24.3 Å². The molecule has 3 rings (SSSR count). The van der Waals surface area contributed by atoms with Crippen LogP contribution in [0.4, 0.5) is 0 Å². The van der Waals surface area contributed by atoms with E-state index in [4.69, 9.17) is 9.26 Å².